The summed E-state index contributed by atoms with van der Waals surface area (Å²) in [6.07, 6.45) is 2.95. The van der Waals surface area contributed by atoms with E-state index in [1.165, 1.54) is 30.6 Å². The summed E-state index contributed by atoms with van der Waals surface area (Å²) >= 11 is 0. The summed E-state index contributed by atoms with van der Waals surface area (Å²) in [7, 11) is -1.88. The highest BCUT2D eigenvalue weighted by molar-refractivity contribution is 6.43. The number of aromatic hydroxyl groups is 1. The molecule has 9 heteroatoms. The maximum Gasteiger partial charge on any atom is 0.475 e. The van der Waals surface area contributed by atoms with Crippen molar-refractivity contribution < 1.29 is 29.9 Å². The topological polar surface area (TPSA) is 140 Å². The summed E-state index contributed by atoms with van der Waals surface area (Å²) < 4.78 is 0. The van der Waals surface area contributed by atoms with Crippen molar-refractivity contribution in [3.63, 3.8) is 0 Å². The van der Waals surface area contributed by atoms with Crippen LogP contribution in [0.25, 0.3) is 0 Å². The molecule has 1 unspecified atom stereocenters. The highest BCUT2D eigenvalue weighted by Crippen LogP contribution is 2.24. The summed E-state index contributed by atoms with van der Waals surface area (Å²) in [5.74, 6) is -3.33. The lowest BCUT2D eigenvalue weighted by Crippen LogP contribution is -2.48. The molecule has 2 rings (SSSR count). The molecule has 1 amide bonds. The smallest absolute Gasteiger partial charge is 0.475 e. The Balaban J connectivity index is 2.10. The van der Waals surface area contributed by atoms with Gasteiger partial charge in [0.15, 0.2) is 0 Å². The van der Waals surface area contributed by atoms with Crippen LogP contribution in [0.4, 0.5) is 0 Å². The van der Waals surface area contributed by atoms with Crippen molar-refractivity contribution in [1.82, 2.24) is 10.3 Å². The third kappa shape index (κ3) is 5.03. The minimum absolute atomic E-state index is 0.0207. The molecule has 0 saturated carbocycles. The fourth-order valence-corrected chi connectivity index (χ4v) is 2.34. The molecular formula is C16H17BN2O6. The van der Waals surface area contributed by atoms with Gasteiger partial charge in [0.05, 0.1) is 12.4 Å². The van der Waals surface area contributed by atoms with Gasteiger partial charge in [-0.15, -0.1) is 0 Å². The van der Waals surface area contributed by atoms with E-state index in [4.69, 9.17) is 5.11 Å². The van der Waals surface area contributed by atoms with E-state index in [0.29, 0.717) is 5.56 Å². The first-order chi connectivity index (χ1) is 11.9. The number of carboxylic acid groups (broad SMARTS) is 1. The fraction of sp³-hybridized carbons (Fsp3) is 0.188. The van der Waals surface area contributed by atoms with Gasteiger partial charge in [0.2, 0.25) is 5.91 Å². The van der Waals surface area contributed by atoms with Gasteiger partial charge in [-0.2, -0.15) is 0 Å². The van der Waals surface area contributed by atoms with Crippen LogP contribution in [0, 0.1) is 0 Å². The number of hydrogen-bond acceptors (Lipinski definition) is 6. The molecular weight excluding hydrogens is 327 g/mol. The van der Waals surface area contributed by atoms with E-state index in [1.54, 1.807) is 12.1 Å². The van der Waals surface area contributed by atoms with Crippen LogP contribution in [0.15, 0.2) is 42.7 Å². The molecule has 0 spiro atoms. The van der Waals surface area contributed by atoms with Crippen LogP contribution < -0.4 is 5.32 Å². The van der Waals surface area contributed by atoms with Crippen LogP contribution in [0.3, 0.4) is 0 Å². The molecule has 1 aromatic carbocycles. The minimum atomic E-state index is -1.88. The number of pyridine rings is 1. The lowest BCUT2D eigenvalue weighted by Gasteiger charge is -2.19. The molecule has 0 aliphatic carbocycles. The second-order valence-electron chi connectivity index (χ2n) is 5.44. The van der Waals surface area contributed by atoms with Gasteiger partial charge in [-0.05, 0) is 35.7 Å². The monoisotopic (exact) mass is 344 g/mol. The molecule has 130 valence electrons. The average Bonchev–Trinajstić information content (AvgIpc) is 2.56. The van der Waals surface area contributed by atoms with Crippen LogP contribution >= 0.6 is 0 Å². The van der Waals surface area contributed by atoms with Crippen molar-refractivity contribution in [1.29, 1.82) is 0 Å². The first kappa shape index (κ1) is 18.4. The first-order valence-corrected chi connectivity index (χ1v) is 7.47. The summed E-state index contributed by atoms with van der Waals surface area (Å²) in [5.41, 5.74) is 0.586. The van der Waals surface area contributed by atoms with E-state index in [1.807, 2.05) is 0 Å². The van der Waals surface area contributed by atoms with E-state index in [2.05, 4.69) is 10.3 Å². The van der Waals surface area contributed by atoms with Crippen molar-refractivity contribution >= 4 is 19.0 Å². The molecule has 25 heavy (non-hydrogen) atoms. The number of carbonyl (C=O) groups excluding carboxylic acids is 1. The molecule has 0 fully saturated rings. The Bertz CT molecular complexity index is 754. The Morgan fingerprint density at radius 2 is 1.84 bits per heavy atom. The molecule has 5 N–H and O–H groups in total. The third-order valence-electron chi connectivity index (χ3n) is 3.61. The molecule has 0 aliphatic rings. The number of aromatic carboxylic acids is 1. The number of carbonyl (C=O) groups is 2. The van der Waals surface area contributed by atoms with Crippen molar-refractivity contribution in [3.8, 4) is 5.75 Å². The zero-order valence-electron chi connectivity index (χ0n) is 13.2. The number of nitrogens with one attached hydrogen (secondary N) is 1. The number of hydrogen-bond donors (Lipinski definition) is 5. The highest BCUT2D eigenvalue weighted by atomic mass is 16.4. The summed E-state index contributed by atoms with van der Waals surface area (Å²) in [6.45, 7) is 0. The van der Waals surface area contributed by atoms with E-state index in [-0.39, 0.29) is 24.0 Å². The van der Waals surface area contributed by atoms with E-state index < -0.39 is 30.7 Å². The molecule has 0 radical (unpaired) electrons. The zero-order valence-corrected chi connectivity index (χ0v) is 13.2. The Hall–Kier alpha value is -2.91. The number of carboxylic acids is 1. The van der Waals surface area contributed by atoms with E-state index in [9.17, 15) is 24.7 Å². The number of benzene rings is 1. The number of aromatic nitrogens is 1. The van der Waals surface area contributed by atoms with Crippen LogP contribution in [0.5, 0.6) is 5.75 Å². The first-order valence-electron chi connectivity index (χ1n) is 7.47. The second-order valence-corrected chi connectivity index (χ2v) is 5.44. The summed E-state index contributed by atoms with van der Waals surface area (Å²) in [6, 6.07) is 7.43. The maximum atomic E-state index is 12.1. The van der Waals surface area contributed by atoms with Crippen molar-refractivity contribution in [2.45, 2.75) is 18.8 Å². The number of rotatable bonds is 7. The maximum absolute atomic E-state index is 12.1. The van der Waals surface area contributed by atoms with Crippen LogP contribution in [0.1, 0.15) is 21.5 Å². The number of phenols is 1. The Morgan fingerprint density at radius 3 is 2.44 bits per heavy atom. The van der Waals surface area contributed by atoms with Gasteiger partial charge in [-0.3, -0.25) is 9.78 Å². The number of para-hydroxylation sites is 1. The molecule has 0 bridgehead atoms. The number of nitrogens with zero attached hydrogens (tertiary/aromatic N) is 1. The lowest BCUT2D eigenvalue weighted by molar-refractivity contribution is -0.120. The van der Waals surface area contributed by atoms with Crippen LogP contribution in [0.2, 0.25) is 0 Å². The molecule has 1 aromatic heterocycles. The van der Waals surface area contributed by atoms with E-state index >= 15 is 0 Å². The standard InChI is InChI=1S/C16H17BN2O6/c20-14(8-10-4-6-18-7-5-10)19-13(17(24)25)9-11-2-1-3-12(15(11)21)16(22)23/h1-7,13,21,24-25H,8-9H2,(H,19,20)(H,22,23). The average molecular weight is 344 g/mol. The van der Waals surface area contributed by atoms with Crippen molar-refractivity contribution in [2.24, 2.45) is 0 Å². The second kappa shape index (κ2) is 8.27. The molecule has 1 heterocycles. The molecule has 8 nitrogen and oxygen atoms in total. The van der Waals surface area contributed by atoms with Crippen LogP contribution in [-0.2, 0) is 17.6 Å². The highest BCUT2D eigenvalue weighted by Gasteiger charge is 2.27. The minimum Gasteiger partial charge on any atom is -0.507 e. The Morgan fingerprint density at radius 1 is 1.16 bits per heavy atom. The van der Waals surface area contributed by atoms with Gasteiger partial charge in [0.1, 0.15) is 11.3 Å². The van der Waals surface area contributed by atoms with E-state index in [0.717, 1.165) is 0 Å². The predicted octanol–water partition coefficient (Wildman–Crippen LogP) is -0.233. The molecule has 2 aromatic rings. The van der Waals surface area contributed by atoms with Crippen molar-refractivity contribution in [2.75, 3.05) is 0 Å². The Kier molecular flexibility index (Phi) is 6.10. The quantitative estimate of drug-likeness (QED) is 0.437. The van der Waals surface area contributed by atoms with Gasteiger partial charge >= 0.3 is 13.1 Å². The largest absolute Gasteiger partial charge is 0.507 e. The molecule has 0 saturated heterocycles. The van der Waals surface area contributed by atoms with Gasteiger partial charge in [-0.1, -0.05) is 12.1 Å². The van der Waals surface area contributed by atoms with Gasteiger partial charge in [0, 0.05) is 12.4 Å². The SMILES string of the molecule is O=C(Cc1ccncc1)NC(Cc1cccc(C(=O)O)c1O)B(O)O. The normalized spacial score (nSPS) is 11.6. The van der Waals surface area contributed by atoms with Gasteiger partial charge < -0.3 is 25.6 Å². The lowest BCUT2D eigenvalue weighted by atomic mass is 9.75. The van der Waals surface area contributed by atoms with Gasteiger partial charge in [-0.25, -0.2) is 4.79 Å². The predicted molar refractivity (Wildman–Crippen MR) is 88.8 cm³/mol. The summed E-state index contributed by atoms with van der Waals surface area (Å²) in [5, 5.41) is 40.5. The van der Waals surface area contributed by atoms with Crippen LogP contribution in [-0.4, -0.2) is 50.2 Å². The zero-order chi connectivity index (χ0) is 18.4. The fourth-order valence-electron chi connectivity index (χ4n) is 2.34. The number of amides is 1. The third-order valence-corrected chi connectivity index (χ3v) is 3.61. The Labute approximate surface area is 143 Å². The van der Waals surface area contributed by atoms with Crippen molar-refractivity contribution in [3.05, 3.63) is 59.4 Å². The molecule has 0 aliphatic heterocycles. The van der Waals surface area contributed by atoms with Gasteiger partial charge in [0.25, 0.3) is 0 Å². The molecule has 1 atom stereocenters. The summed E-state index contributed by atoms with van der Waals surface area (Å²) in [4.78, 5) is 27.0.